The van der Waals surface area contributed by atoms with Gasteiger partial charge in [0.25, 0.3) is 0 Å². The Bertz CT molecular complexity index is 842. The van der Waals surface area contributed by atoms with Crippen molar-refractivity contribution < 1.29 is 18.0 Å². The second-order valence-electron chi connectivity index (χ2n) is 8.26. The summed E-state index contributed by atoms with van der Waals surface area (Å²) >= 11 is 0. The van der Waals surface area contributed by atoms with Crippen LogP contribution in [-0.2, 0) is 11.6 Å². The van der Waals surface area contributed by atoms with Crippen LogP contribution in [0.15, 0.2) is 42.6 Å². The van der Waals surface area contributed by atoms with E-state index in [0.29, 0.717) is 31.0 Å². The molecular formula is C21H25F3N4O. The number of carbonyl (C=O) groups is 1. The summed E-state index contributed by atoms with van der Waals surface area (Å²) in [6, 6.07) is 9.69. The monoisotopic (exact) mass is 406 g/mol. The van der Waals surface area contributed by atoms with Gasteiger partial charge in [-0.3, -0.25) is 0 Å². The van der Waals surface area contributed by atoms with E-state index in [9.17, 15) is 18.0 Å². The number of urea groups is 1. The van der Waals surface area contributed by atoms with Gasteiger partial charge in [0.2, 0.25) is 0 Å². The molecule has 0 bridgehead atoms. The summed E-state index contributed by atoms with van der Waals surface area (Å²) in [4.78, 5) is 18.0. The van der Waals surface area contributed by atoms with Crippen LogP contribution in [0.1, 0.15) is 38.3 Å². The zero-order valence-corrected chi connectivity index (χ0v) is 16.7. The van der Waals surface area contributed by atoms with Gasteiger partial charge in [0.05, 0.1) is 5.56 Å². The maximum atomic E-state index is 12.7. The molecule has 2 aromatic rings. The number of anilines is 2. The molecule has 0 saturated carbocycles. The van der Waals surface area contributed by atoms with Crippen LogP contribution < -0.4 is 15.5 Å². The Kier molecular flexibility index (Phi) is 5.73. The minimum atomic E-state index is -4.40. The van der Waals surface area contributed by atoms with E-state index in [-0.39, 0.29) is 17.5 Å². The predicted molar refractivity (Wildman–Crippen MR) is 107 cm³/mol. The molecule has 2 heterocycles. The van der Waals surface area contributed by atoms with Gasteiger partial charge in [-0.1, -0.05) is 32.9 Å². The standard InChI is InChI=1S/C21H25F3N4O/c1-20(2,3)14-4-7-16(8-5-14)26-19(29)27-17-10-11-28(13-17)18-9-6-15(12-25-18)21(22,23)24/h4-9,12,17H,10-11,13H2,1-3H3,(H2,26,27,29)/t17-/m0/s1. The molecule has 1 fully saturated rings. The first-order valence-corrected chi connectivity index (χ1v) is 9.48. The van der Waals surface area contributed by atoms with Crippen molar-refractivity contribution in [1.29, 1.82) is 0 Å². The molecule has 156 valence electrons. The van der Waals surface area contributed by atoms with E-state index in [2.05, 4.69) is 36.4 Å². The molecule has 29 heavy (non-hydrogen) atoms. The fourth-order valence-electron chi connectivity index (χ4n) is 3.23. The van der Waals surface area contributed by atoms with Crippen molar-refractivity contribution in [2.45, 2.75) is 44.8 Å². The first-order chi connectivity index (χ1) is 13.5. The van der Waals surface area contributed by atoms with Crippen LogP contribution in [0.3, 0.4) is 0 Å². The Labute approximate surface area is 168 Å². The molecule has 2 amide bonds. The van der Waals surface area contributed by atoms with Crippen LogP contribution in [-0.4, -0.2) is 30.1 Å². The third kappa shape index (κ3) is 5.40. The quantitative estimate of drug-likeness (QED) is 0.770. The number of rotatable bonds is 3. The average molecular weight is 406 g/mol. The van der Waals surface area contributed by atoms with Gasteiger partial charge in [-0.2, -0.15) is 13.2 Å². The molecule has 1 aromatic heterocycles. The lowest BCUT2D eigenvalue weighted by atomic mass is 9.87. The van der Waals surface area contributed by atoms with E-state index >= 15 is 0 Å². The molecule has 3 rings (SSSR count). The molecule has 1 saturated heterocycles. The number of hydrogen-bond acceptors (Lipinski definition) is 3. The molecule has 0 radical (unpaired) electrons. The number of carbonyl (C=O) groups excluding carboxylic acids is 1. The number of nitrogens with zero attached hydrogens (tertiary/aromatic N) is 2. The highest BCUT2D eigenvalue weighted by Crippen LogP contribution is 2.30. The van der Waals surface area contributed by atoms with Crippen molar-refractivity contribution in [2.75, 3.05) is 23.3 Å². The third-order valence-electron chi connectivity index (χ3n) is 4.93. The number of halogens is 3. The van der Waals surface area contributed by atoms with Crippen LogP contribution in [0, 0.1) is 0 Å². The molecule has 1 aromatic carbocycles. The highest BCUT2D eigenvalue weighted by atomic mass is 19.4. The number of benzene rings is 1. The van der Waals surface area contributed by atoms with Gasteiger partial charge in [0, 0.05) is 31.0 Å². The van der Waals surface area contributed by atoms with Gasteiger partial charge in [-0.05, 0) is 41.7 Å². The Balaban J connectivity index is 1.52. The summed E-state index contributed by atoms with van der Waals surface area (Å²) in [5.41, 5.74) is 1.15. The fourth-order valence-corrected chi connectivity index (χ4v) is 3.23. The number of amides is 2. The number of pyridine rings is 1. The number of alkyl halides is 3. The van der Waals surface area contributed by atoms with E-state index in [0.717, 1.165) is 12.3 Å². The highest BCUT2D eigenvalue weighted by Gasteiger charge is 2.31. The van der Waals surface area contributed by atoms with Crippen molar-refractivity contribution in [3.63, 3.8) is 0 Å². The van der Waals surface area contributed by atoms with Crippen molar-refractivity contribution in [2.24, 2.45) is 0 Å². The summed E-state index contributed by atoms with van der Waals surface area (Å²) in [7, 11) is 0. The summed E-state index contributed by atoms with van der Waals surface area (Å²) in [5.74, 6) is 0.473. The lowest BCUT2D eigenvalue weighted by Crippen LogP contribution is -2.39. The summed E-state index contributed by atoms with van der Waals surface area (Å²) in [6.07, 6.45) is -2.87. The van der Waals surface area contributed by atoms with E-state index in [1.807, 2.05) is 29.2 Å². The Morgan fingerprint density at radius 3 is 2.28 bits per heavy atom. The minimum absolute atomic E-state index is 0.0421. The smallest absolute Gasteiger partial charge is 0.354 e. The second-order valence-corrected chi connectivity index (χ2v) is 8.26. The van der Waals surface area contributed by atoms with E-state index in [4.69, 9.17) is 0 Å². The van der Waals surface area contributed by atoms with Crippen LogP contribution in [0.25, 0.3) is 0 Å². The zero-order valence-electron chi connectivity index (χ0n) is 16.7. The van der Waals surface area contributed by atoms with Crippen LogP contribution in [0.2, 0.25) is 0 Å². The number of hydrogen-bond donors (Lipinski definition) is 2. The Hall–Kier alpha value is -2.77. The first-order valence-electron chi connectivity index (χ1n) is 9.48. The normalized spacial score (nSPS) is 17.3. The fraction of sp³-hybridized carbons (Fsp3) is 0.429. The molecule has 8 heteroatoms. The topological polar surface area (TPSA) is 57.3 Å². The van der Waals surface area contributed by atoms with Crippen molar-refractivity contribution in [1.82, 2.24) is 10.3 Å². The number of aromatic nitrogens is 1. The lowest BCUT2D eigenvalue weighted by Gasteiger charge is -2.20. The van der Waals surface area contributed by atoms with Crippen molar-refractivity contribution in [3.8, 4) is 0 Å². The molecular weight excluding hydrogens is 381 g/mol. The molecule has 0 spiro atoms. The van der Waals surface area contributed by atoms with Crippen molar-refractivity contribution in [3.05, 3.63) is 53.7 Å². The summed E-state index contributed by atoms with van der Waals surface area (Å²) in [5, 5.41) is 5.73. The zero-order chi connectivity index (χ0) is 21.2. The highest BCUT2D eigenvalue weighted by molar-refractivity contribution is 5.89. The third-order valence-corrected chi connectivity index (χ3v) is 4.93. The van der Waals surface area contributed by atoms with Crippen molar-refractivity contribution >= 4 is 17.5 Å². The van der Waals surface area contributed by atoms with E-state index < -0.39 is 11.7 Å². The van der Waals surface area contributed by atoms with Gasteiger partial charge >= 0.3 is 12.2 Å². The summed E-state index contributed by atoms with van der Waals surface area (Å²) < 4.78 is 38.0. The minimum Gasteiger partial charge on any atom is -0.354 e. The van der Waals surface area contributed by atoms with E-state index in [1.165, 1.54) is 11.6 Å². The molecule has 2 N–H and O–H groups in total. The van der Waals surface area contributed by atoms with Gasteiger partial charge in [-0.15, -0.1) is 0 Å². The Morgan fingerprint density at radius 1 is 1.07 bits per heavy atom. The van der Waals surface area contributed by atoms with E-state index in [1.54, 1.807) is 0 Å². The average Bonchev–Trinajstić information content (AvgIpc) is 3.09. The van der Waals surface area contributed by atoms with Gasteiger partial charge < -0.3 is 15.5 Å². The van der Waals surface area contributed by atoms with Crippen LogP contribution >= 0.6 is 0 Å². The molecule has 0 aliphatic carbocycles. The molecule has 1 atom stereocenters. The van der Waals surface area contributed by atoms with Gasteiger partial charge in [-0.25, -0.2) is 9.78 Å². The summed E-state index contributed by atoms with van der Waals surface area (Å²) in [6.45, 7) is 7.48. The molecule has 1 aliphatic heterocycles. The maximum absolute atomic E-state index is 12.7. The second kappa shape index (κ2) is 7.93. The molecule has 1 aliphatic rings. The molecule has 5 nitrogen and oxygen atoms in total. The lowest BCUT2D eigenvalue weighted by molar-refractivity contribution is -0.137. The van der Waals surface area contributed by atoms with Gasteiger partial charge in [0.15, 0.2) is 0 Å². The SMILES string of the molecule is CC(C)(C)c1ccc(NC(=O)N[C@H]2CCN(c3ccc(C(F)(F)F)cn3)C2)cc1. The molecule has 0 unspecified atom stereocenters. The largest absolute Gasteiger partial charge is 0.417 e. The Morgan fingerprint density at radius 2 is 1.72 bits per heavy atom. The first kappa shape index (κ1) is 21.0. The maximum Gasteiger partial charge on any atom is 0.417 e. The van der Waals surface area contributed by atoms with Gasteiger partial charge in [0.1, 0.15) is 5.82 Å². The number of nitrogens with one attached hydrogen (secondary N) is 2. The van der Waals surface area contributed by atoms with Crippen LogP contribution in [0.4, 0.5) is 29.5 Å². The van der Waals surface area contributed by atoms with Crippen LogP contribution in [0.5, 0.6) is 0 Å². The predicted octanol–water partition coefficient (Wildman–Crippen LogP) is 4.80.